The molecule has 0 saturated heterocycles. The van der Waals surface area contributed by atoms with Crippen molar-refractivity contribution in [1.29, 1.82) is 0 Å². The molecule has 1 aromatic heterocycles. The van der Waals surface area contributed by atoms with Crippen LogP contribution in [0, 0.1) is 6.92 Å². The van der Waals surface area contributed by atoms with Crippen LogP contribution < -0.4 is 10.6 Å². The van der Waals surface area contributed by atoms with Crippen LogP contribution in [0.2, 0.25) is 0 Å². The lowest BCUT2D eigenvalue weighted by molar-refractivity contribution is 0.102. The number of carbonyl (C=O) groups is 1. The van der Waals surface area contributed by atoms with Gasteiger partial charge in [0.05, 0.1) is 17.4 Å². The maximum Gasteiger partial charge on any atom is 0.257 e. The van der Waals surface area contributed by atoms with Crippen molar-refractivity contribution in [2.24, 2.45) is 7.05 Å². The van der Waals surface area contributed by atoms with Crippen molar-refractivity contribution in [2.75, 3.05) is 17.7 Å². The van der Waals surface area contributed by atoms with Crippen LogP contribution in [-0.4, -0.2) is 22.7 Å². The largest absolute Gasteiger partial charge is 0.387 e. The van der Waals surface area contributed by atoms with Crippen molar-refractivity contribution in [1.82, 2.24) is 9.78 Å². The summed E-state index contributed by atoms with van der Waals surface area (Å²) in [6.45, 7) is 1.99. The van der Waals surface area contributed by atoms with Gasteiger partial charge in [0.15, 0.2) is 0 Å². The minimum absolute atomic E-state index is 0.146. The van der Waals surface area contributed by atoms with Gasteiger partial charge < -0.3 is 10.6 Å². The molecule has 2 aromatic rings. The van der Waals surface area contributed by atoms with E-state index in [2.05, 4.69) is 15.7 Å². The second-order valence-electron chi connectivity index (χ2n) is 4.16. The fourth-order valence-corrected chi connectivity index (χ4v) is 1.75. The average molecular weight is 244 g/mol. The van der Waals surface area contributed by atoms with Gasteiger partial charge in [-0.15, -0.1) is 0 Å². The van der Waals surface area contributed by atoms with E-state index in [9.17, 15) is 4.79 Å². The number of nitrogens with one attached hydrogen (secondary N) is 2. The Labute approximate surface area is 106 Å². The van der Waals surface area contributed by atoms with E-state index in [1.165, 1.54) is 0 Å². The summed E-state index contributed by atoms with van der Waals surface area (Å²) in [4.78, 5) is 12.1. The maximum absolute atomic E-state index is 12.1. The first-order valence-corrected chi connectivity index (χ1v) is 5.68. The van der Waals surface area contributed by atoms with Gasteiger partial charge in [-0.25, -0.2) is 0 Å². The van der Waals surface area contributed by atoms with E-state index in [0.717, 1.165) is 11.3 Å². The number of benzene rings is 1. The van der Waals surface area contributed by atoms with Gasteiger partial charge >= 0.3 is 0 Å². The molecule has 0 aliphatic rings. The van der Waals surface area contributed by atoms with Gasteiger partial charge in [0.25, 0.3) is 5.91 Å². The lowest BCUT2D eigenvalue weighted by atomic mass is 10.1. The molecule has 2 N–H and O–H groups in total. The Hall–Kier alpha value is -2.30. The first kappa shape index (κ1) is 12.2. The van der Waals surface area contributed by atoms with Gasteiger partial charge in [0, 0.05) is 26.0 Å². The second-order valence-corrected chi connectivity index (χ2v) is 4.16. The zero-order valence-corrected chi connectivity index (χ0v) is 10.7. The highest BCUT2D eigenvalue weighted by molar-refractivity contribution is 6.08. The third kappa shape index (κ3) is 2.51. The fraction of sp³-hybridized carbons (Fsp3) is 0.231. The molecule has 0 atom stereocenters. The molecule has 0 aliphatic carbocycles. The number of carbonyl (C=O) groups excluding carboxylic acids is 1. The molecule has 18 heavy (non-hydrogen) atoms. The summed E-state index contributed by atoms with van der Waals surface area (Å²) in [7, 11) is 3.61. The third-order valence-electron chi connectivity index (χ3n) is 2.65. The third-order valence-corrected chi connectivity index (χ3v) is 2.65. The Morgan fingerprint density at radius 3 is 2.78 bits per heavy atom. The van der Waals surface area contributed by atoms with Crippen LogP contribution in [0.3, 0.4) is 0 Å². The summed E-state index contributed by atoms with van der Waals surface area (Å²) in [6.07, 6.45) is 3.37. The first-order chi connectivity index (χ1) is 8.60. The van der Waals surface area contributed by atoms with Crippen molar-refractivity contribution in [3.8, 4) is 0 Å². The van der Waals surface area contributed by atoms with Crippen molar-refractivity contribution in [3.05, 3.63) is 41.7 Å². The number of hydrogen-bond donors (Lipinski definition) is 2. The molecule has 0 fully saturated rings. The molecule has 0 spiro atoms. The predicted octanol–water partition coefficient (Wildman–Crippen LogP) is 2.02. The van der Waals surface area contributed by atoms with Gasteiger partial charge in [-0.3, -0.25) is 9.48 Å². The quantitative estimate of drug-likeness (QED) is 0.868. The van der Waals surface area contributed by atoms with Crippen molar-refractivity contribution < 1.29 is 4.79 Å². The zero-order chi connectivity index (χ0) is 13.1. The topological polar surface area (TPSA) is 59.0 Å². The number of rotatable bonds is 3. The van der Waals surface area contributed by atoms with Crippen LogP contribution in [0.1, 0.15) is 15.9 Å². The van der Waals surface area contributed by atoms with Crippen LogP contribution in [0.5, 0.6) is 0 Å². The van der Waals surface area contributed by atoms with Gasteiger partial charge in [-0.05, 0) is 24.6 Å². The molecule has 1 amide bonds. The van der Waals surface area contributed by atoms with Crippen LogP contribution in [0.25, 0.3) is 0 Å². The predicted molar refractivity (Wildman–Crippen MR) is 71.9 cm³/mol. The number of aromatic nitrogens is 2. The van der Waals surface area contributed by atoms with Crippen molar-refractivity contribution in [3.63, 3.8) is 0 Å². The highest BCUT2D eigenvalue weighted by atomic mass is 16.1. The van der Waals surface area contributed by atoms with E-state index in [1.54, 1.807) is 31.2 Å². The highest BCUT2D eigenvalue weighted by Crippen LogP contribution is 2.18. The monoisotopic (exact) mass is 244 g/mol. The van der Waals surface area contributed by atoms with E-state index in [-0.39, 0.29) is 5.91 Å². The lowest BCUT2D eigenvalue weighted by Crippen LogP contribution is -2.13. The Kier molecular flexibility index (Phi) is 3.32. The molecule has 0 unspecified atom stereocenters. The minimum atomic E-state index is -0.146. The summed E-state index contributed by atoms with van der Waals surface area (Å²) in [5.74, 6) is -0.146. The lowest BCUT2D eigenvalue weighted by Gasteiger charge is -2.09. The molecule has 0 aliphatic heterocycles. The summed E-state index contributed by atoms with van der Waals surface area (Å²) >= 11 is 0. The van der Waals surface area contributed by atoms with Crippen LogP contribution >= 0.6 is 0 Å². The average Bonchev–Trinajstić information content (AvgIpc) is 2.74. The molecule has 1 aromatic carbocycles. The highest BCUT2D eigenvalue weighted by Gasteiger charge is 2.11. The van der Waals surface area contributed by atoms with E-state index < -0.39 is 0 Å². The van der Waals surface area contributed by atoms with Gasteiger partial charge in [-0.1, -0.05) is 6.07 Å². The maximum atomic E-state index is 12.1. The number of nitrogens with zero attached hydrogens (tertiary/aromatic N) is 2. The summed E-state index contributed by atoms with van der Waals surface area (Å²) < 4.78 is 1.64. The molecule has 0 saturated carbocycles. The summed E-state index contributed by atoms with van der Waals surface area (Å²) in [5, 5.41) is 9.84. The first-order valence-electron chi connectivity index (χ1n) is 5.68. The minimum Gasteiger partial charge on any atom is -0.387 e. The summed E-state index contributed by atoms with van der Waals surface area (Å²) in [5.41, 5.74) is 3.23. The standard InChI is InChI=1S/C13H16N4O/c1-9-4-5-11(12(6-9)14-2)13(18)16-10-7-15-17(3)8-10/h4-8,14H,1-3H3,(H,16,18). The number of anilines is 2. The molecule has 5 nitrogen and oxygen atoms in total. The normalized spacial score (nSPS) is 10.2. The molecular formula is C13H16N4O. The molecule has 0 bridgehead atoms. The van der Waals surface area contributed by atoms with Crippen molar-refractivity contribution in [2.45, 2.75) is 6.92 Å². The van der Waals surface area contributed by atoms with Crippen LogP contribution in [-0.2, 0) is 7.05 Å². The Morgan fingerprint density at radius 2 is 2.17 bits per heavy atom. The molecule has 94 valence electrons. The Balaban J connectivity index is 2.23. The molecule has 2 rings (SSSR count). The molecule has 0 radical (unpaired) electrons. The van der Waals surface area contributed by atoms with Crippen LogP contribution in [0.15, 0.2) is 30.6 Å². The SMILES string of the molecule is CNc1cc(C)ccc1C(=O)Nc1cnn(C)c1. The summed E-state index contributed by atoms with van der Waals surface area (Å²) in [6, 6.07) is 5.67. The van der Waals surface area contributed by atoms with E-state index in [4.69, 9.17) is 0 Å². The molecule has 5 heteroatoms. The van der Waals surface area contributed by atoms with E-state index >= 15 is 0 Å². The number of aryl methyl sites for hydroxylation is 2. The van der Waals surface area contributed by atoms with Crippen LogP contribution in [0.4, 0.5) is 11.4 Å². The zero-order valence-electron chi connectivity index (χ0n) is 10.7. The Bertz CT molecular complexity index is 574. The Morgan fingerprint density at radius 1 is 1.39 bits per heavy atom. The number of amides is 1. The van der Waals surface area contributed by atoms with Gasteiger partial charge in [-0.2, -0.15) is 5.10 Å². The van der Waals surface area contributed by atoms with Gasteiger partial charge in [0.1, 0.15) is 0 Å². The number of hydrogen-bond acceptors (Lipinski definition) is 3. The molecule has 1 heterocycles. The van der Waals surface area contributed by atoms with E-state index in [1.807, 2.05) is 25.1 Å². The van der Waals surface area contributed by atoms with Crippen molar-refractivity contribution >= 4 is 17.3 Å². The second kappa shape index (κ2) is 4.91. The van der Waals surface area contributed by atoms with E-state index in [0.29, 0.717) is 11.3 Å². The van der Waals surface area contributed by atoms with Gasteiger partial charge in [0.2, 0.25) is 0 Å². The smallest absolute Gasteiger partial charge is 0.257 e. The fourth-order valence-electron chi connectivity index (χ4n) is 1.75. The molecular weight excluding hydrogens is 228 g/mol.